The minimum Gasteiger partial charge on any atom is -0.464 e. The molecule has 0 N–H and O–H groups in total. The number of aromatic nitrogens is 1. The summed E-state index contributed by atoms with van der Waals surface area (Å²) in [7, 11) is 1.39. The number of thiazole rings is 1. The van der Waals surface area contributed by atoms with E-state index in [0.29, 0.717) is 5.69 Å². The van der Waals surface area contributed by atoms with Gasteiger partial charge in [-0.25, -0.2) is 9.78 Å². The SMILES string of the molecule is COC(=O)c1nc(N2CCCc3ccccc32)sc1C. The van der Waals surface area contributed by atoms with E-state index in [0.717, 1.165) is 29.4 Å². The average Bonchev–Trinajstić information content (AvgIpc) is 2.87. The number of benzene rings is 1. The Morgan fingerprint density at radius 3 is 3.00 bits per heavy atom. The monoisotopic (exact) mass is 288 g/mol. The van der Waals surface area contributed by atoms with Crippen molar-refractivity contribution in [1.29, 1.82) is 0 Å². The Morgan fingerprint density at radius 1 is 1.40 bits per heavy atom. The van der Waals surface area contributed by atoms with Crippen molar-refractivity contribution in [2.45, 2.75) is 19.8 Å². The summed E-state index contributed by atoms with van der Waals surface area (Å²) in [4.78, 5) is 19.2. The van der Waals surface area contributed by atoms with Gasteiger partial charge in [0, 0.05) is 17.1 Å². The van der Waals surface area contributed by atoms with Crippen molar-refractivity contribution in [3.63, 3.8) is 0 Å². The van der Waals surface area contributed by atoms with Gasteiger partial charge in [-0.05, 0) is 31.4 Å². The molecular weight excluding hydrogens is 272 g/mol. The molecule has 0 amide bonds. The molecule has 0 saturated carbocycles. The van der Waals surface area contributed by atoms with Crippen LogP contribution in [0.4, 0.5) is 10.8 Å². The number of ether oxygens (including phenoxy) is 1. The minimum absolute atomic E-state index is 0.365. The van der Waals surface area contributed by atoms with Crippen LogP contribution in [0.3, 0.4) is 0 Å². The summed E-state index contributed by atoms with van der Waals surface area (Å²) in [5.41, 5.74) is 2.96. The molecule has 104 valence electrons. The number of para-hydroxylation sites is 1. The van der Waals surface area contributed by atoms with E-state index in [1.807, 2.05) is 13.0 Å². The second kappa shape index (κ2) is 5.25. The number of hydrogen-bond donors (Lipinski definition) is 0. The van der Waals surface area contributed by atoms with Crippen LogP contribution in [0.15, 0.2) is 24.3 Å². The lowest BCUT2D eigenvalue weighted by Gasteiger charge is -2.28. The summed E-state index contributed by atoms with van der Waals surface area (Å²) in [6.45, 7) is 2.84. The van der Waals surface area contributed by atoms with Gasteiger partial charge in [0.25, 0.3) is 0 Å². The third-order valence-electron chi connectivity index (χ3n) is 3.51. The first-order valence-electron chi connectivity index (χ1n) is 6.62. The lowest BCUT2D eigenvalue weighted by molar-refractivity contribution is 0.0594. The van der Waals surface area contributed by atoms with E-state index in [9.17, 15) is 4.79 Å². The van der Waals surface area contributed by atoms with Crippen LogP contribution in [0.5, 0.6) is 0 Å². The first kappa shape index (κ1) is 13.1. The summed E-state index contributed by atoms with van der Waals surface area (Å²) in [5, 5.41) is 0.870. The summed E-state index contributed by atoms with van der Waals surface area (Å²) >= 11 is 1.54. The van der Waals surface area contributed by atoms with Gasteiger partial charge in [-0.1, -0.05) is 18.2 Å². The van der Waals surface area contributed by atoms with Gasteiger partial charge in [-0.2, -0.15) is 0 Å². The predicted molar refractivity (Wildman–Crippen MR) is 80.0 cm³/mol. The van der Waals surface area contributed by atoms with Crippen LogP contribution >= 0.6 is 11.3 Å². The fourth-order valence-electron chi connectivity index (χ4n) is 2.52. The second-order valence-electron chi connectivity index (χ2n) is 4.78. The minimum atomic E-state index is -0.365. The number of rotatable bonds is 2. The molecule has 2 heterocycles. The maximum absolute atomic E-state index is 11.7. The van der Waals surface area contributed by atoms with Crippen LogP contribution in [0, 0.1) is 6.92 Å². The Hall–Kier alpha value is -1.88. The molecule has 0 bridgehead atoms. The smallest absolute Gasteiger partial charge is 0.357 e. The Bertz CT molecular complexity index is 651. The van der Waals surface area contributed by atoms with Crippen LogP contribution in [0.1, 0.15) is 27.3 Å². The number of esters is 1. The van der Waals surface area contributed by atoms with Crippen molar-refractivity contribution < 1.29 is 9.53 Å². The highest BCUT2D eigenvalue weighted by molar-refractivity contribution is 7.15. The van der Waals surface area contributed by atoms with E-state index in [2.05, 4.69) is 28.1 Å². The molecule has 20 heavy (non-hydrogen) atoms. The van der Waals surface area contributed by atoms with Gasteiger partial charge in [0.15, 0.2) is 10.8 Å². The van der Waals surface area contributed by atoms with Crippen molar-refractivity contribution in [2.24, 2.45) is 0 Å². The second-order valence-corrected chi connectivity index (χ2v) is 5.96. The zero-order valence-electron chi connectivity index (χ0n) is 11.5. The Labute approximate surface area is 122 Å². The van der Waals surface area contributed by atoms with Gasteiger partial charge in [0.2, 0.25) is 0 Å². The number of methoxy groups -OCH3 is 1. The number of fused-ring (bicyclic) bond motifs is 1. The van der Waals surface area contributed by atoms with E-state index in [-0.39, 0.29) is 5.97 Å². The van der Waals surface area contributed by atoms with Gasteiger partial charge in [-0.15, -0.1) is 11.3 Å². The third kappa shape index (κ3) is 2.18. The molecule has 0 atom stereocenters. The highest BCUT2D eigenvalue weighted by atomic mass is 32.1. The first-order chi connectivity index (χ1) is 9.70. The van der Waals surface area contributed by atoms with Crippen molar-refractivity contribution in [1.82, 2.24) is 4.98 Å². The number of carbonyl (C=O) groups excluding carboxylic acids is 1. The molecule has 0 fully saturated rings. The highest BCUT2D eigenvalue weighted by Crippen LogP contribution is 2.36. The molecule has 0 radical (unpaired) electrons. The predicted octanol–water partition coefficient (Wildman–Crippen LogP) is 3.32. The molecule has 2 aromatic rings. The quantitative estimate of drug-likeness (QED) is 0.795. The van der Waals surface area contributed by atoms with Crippen molar-refractivity contribution in [2.75, 3.05) is 18.6 Å². The normalized spacial score (nSPS) is 14.0. The van der Waals surface area contributed by atoms with Gasteiger partial charge in [0.05, 0.1) is 7.11 Å². The molecule has 3 rings (SSSR count). The van der Waals surface area contributed by atoms with Crippen LogP contribution in [0.25, 0.3) is 0 Å². The number of carbonyl (C=O) groups is 1. The fraction of sp³-hybridized carbons (Fsp3) is 0.333. The number of aryl methyl sites for hydroxylation is 2. The van der Waals surface area contributed by atoms with Crippen LogP contribution in [0.2, 0.25) is 0 Å². The molecule has 0 aliphatic carbocycles. The molecule has 1 aromatic heterocycles. The number of hydrogen-bond acceptors (Lipinski definition) is 5. The summed E-state index contributed by atoms with van der Waals surface area (Å²) in [6.07, 6.45) is 2.20. The van der Waals surface area contributed by atoms with Crippen LogP contribution < -0.4 is 4.90 Å². The molecule has 0 saturated heterocycles. The van der Waals surface area contributed by atoms with E-state index < -0.39 is 0 Å². The standard InChI is InChI=1S/C15H16N2O2S/c1-10-13(14(18)19-2)16-15(20-10)17-9-5-7-11-6-3-4-8-12(11)17/h3-4,6,8H,5,7,9H2,1-2H3. The zero-order chi connectivity index (χ0) is 14.1. The maximum Gasteiger partial charge on any atom is 0.357 e. The Kier molecular flexibility index (Phi) is 3.44. The van der Waals surface area contributed by atoms with E-state index >= 15 is 0 Å². The molecule has 1 aliphatic heterocycles. The van der Waals surface area contributed by atoms with Crippen LogP contribution in [-0.2, 0) is 11.2 Å². The summed E-state index contributed by atoms with van der Waals surface area (Å²) < 4.78 is 4.77. The molecular formula is C15H16N2O2S. The van der Waals surface area contributed by atoms with E-state index in [4.69, 9.17) is 4.74 Å². The van der Waals surface area contributed by atoms with Crippen molar-refractivity contribution >= 4 is 28.1 Å². The Morgan fingerprint density at radius 2 is 2.20 bits per heavy atom. The van der Waals surface area contributed by atoms with Gasteiger partial charge < -0.3 is 9.64 Å². The first-order valence-corrected chi connectivity index (χ1v) is 7.43. The maximum atomic E-state index is 11.7. The van der Waals surface area contributed by atoms with E-state index in [1.54, 1.807) is 11.3 Å². The van der Waals surface area contributed by atoms with E-state index in [1.165, 1.54) is 18.4 Å². The Balaban J connectivity index is 2.01. The van der Waals surface area contributed by atoms with Crippen molar-refractivity contribution in [3.8, 4) is 0 Å². The third-order valence-corrected chi connectivity index (χ3v) is 4.50. The largest absolute Gasteiger partial charge is 0.464 e. The molecule has 0 spiro atoms. The topological polar surface area (TPSA) is 42.4 Å². The molecule has 1 aliphatic rings. The molecule has 4 nitrogen and oxygen atoms in total. The molecule has 5 heteroatoms. The molecule has 1 aromatic carbocycles. The molecule has 0 unspecified atom stereocenters. The van der Waals surface area contributed by atoms with Crippen molar-refractivity contribution in [3.05, 3.63) is 40.4 Å². The average molecular weight is 288 g/mol. The fourth-order valence-corrected chi connectivity index (χ4v) is 3.45. The number of nitrogens with zero attached hydrogens (tertiary/aromatic N) is 2. The number of anilines is 2. The van der Waals surface area contributed by atoms with Gasteiger partial charge >= 0.3 is 5.97 Å². The zero-order valence-corrected chi connectivity index (χ0v) is 12.4. The highest BCUT2D eigenvalue weighted by Gasteiger charge is 2.23. The van der Waals surface area contributed by atoms with Gasteiger partial charge in [-0.3, -0.25) is 0 Å². The van der Waals surface area contributed by atoms with Gasteiger partial charge in [0.1, 0.15) is 0 Å². The summed E-state index contributed by atoms with van der Waals surface area (Å²) in [5.74, 6) is -0.365. The lowest BCUT2D eigenvalue weighted by atomic mass is 10.0. The summed E-state index contributed by atoms with van der Waals surface area (Å²) in [6, 6.07) is 8.38. The van der Waals surface area contributed by atoms with Crippen LogP contribution in [-0.4, -0.2) is 24.6 Å². The lowest BCUT2D eigenvalue weighted by Crippen LogP contribution is -2.24.